The lowest BCUT2D eigenvalue weighted by Gasteiger charge is -2.16. The van der Waals surface area contributed by atoms with Crippen LogP contribution in [0.3, 0.4) is 0 Å². The first-order valence-corrected chi connectivity index (χ1v) is 7.36. The number of hydrogen-bond donors (Lipinski definition) is 2. The molecule has 1 aliphatic rings. The fraction of sp³-hybridized carbons (Fsp3) is 0.600. The maximum atomic E-state index is 12.0. The van der Waals surface area contributed by atoms with Gasteiger partial charge in [-0.1, -0.05) is 11.6 Å². The van der Waals surface area contributed by atoms with E-state index < -0.39 is 0 Å². The van der Waals surface area contributed by atoms with Crippen molar-refractivity contribution >= 4 is 11.6 Å². The third-order valence-corrected chi connectivity index (χ3v) is 3.61. The van der Waals surface area contributed by atoms with Gasteiger partial charge in [-0.2, -0.15) is 5.10 Å². The van der Waals surface area contributed by atoms with Gasteiger partial charge in [-0.25, -0.2) is 0 Å². The Balaban J connectivity index is 1.69. The number of nitrogens with zero attached hydrogens (tertiary/aromatic N) is 2. The minimum atomic E-state index is -0.250. The van der Waals surface area contributed by atoms with Gasteiger partial charge in [0.15, 0.2) is 0 Å². The lowest BCUT2D eigenvalue weighted by molar-refractivity contribution is -0.121. The quantitative estimate of drug-likeness (QED) is 0.783. The number of allylic oxidation sites excluding steroid dienone is 1. The number of anilines is 1. The van der Waals surface area contributed by atoms with E-state index >= 15 is 0 Å². The first-order valence-electron chi connectivity index (χ1n) is 7.36. The molecule has 1 unspecified atom stereocenters. The molecule has 5 heteroatoms. The molecule has 1 amide bonds. The molecule has 0 saturated heterocycles. The van der Waals surface area contributed by atoms with Crippen molar-refractivity contribution in [2.75, 3.05) is 11.9 Å². The van der Waals surface area contributed by atoms with E-state index in [-0.39, 0.29) is 11.9 Å². The standard InChI is InChI=1S/C15H24N4O/c1-12(18-14-10-17-19(2)11-14)15(20)16-9-8-13-6-4-3-5-7-13/h6,10-12,18H,3-5,7-9H2,1-2H3,(H,16,20). The molecule has 20 heavy (non-hydrogen) atoms. The summed E-state index contributed by atoms with van der Waals surface area (Å²) >= 11 is 0. The Morgan fingerprint density at radius 1 is 1.50 bits per heavy atom. The maximum absolute atomic E-state index is 12.0. The zero-order valence-corrected chi connectivity index (χ0v) is 12.4. The highest BCUT2D eigenvalue weighted by atomic mass is 16.2. The van der Waals surface area contributed by atoms with Crippen LogP contribution in [0.2, 0.25) is 0 Å². The second-order valence-corrected chi connectivity index (χ2v) is 5.42. The van der Waals surface area contributed by atoms with E-state index in [1.807, 2.05) is 20.2 Å². The molecular weight excluding hydrogens is 252 g/mol. The van der Waals surface area contributed by atoms with E-state index in [4.69, 9.17) is 0 Å². The molecule has 0 saturated carbocycles. The third-order valence-electron chi connectivity index (χ3n) is 3.61. The van der Waals surface area contributed by atoms with Gasteiger partial charge < -0.3 is 10.6 Å². The molecule has 1 atom stereocenters. The van der Waals surface area contributed by atoms with Gasteiger partial charge in [0.05, 0.1) is 11.9 Å². The van der Waals surface area contributed by atoms with Crippen LogP contribution in [0.4, 0.5) is 5.69 Å². The highest BCUT2D eigenvalue weighted by Crippen LogP contribution is 2.19. The summed E-state index contributed by atoms with van der Waals surface area (Å²) in [4.78, 5) is 12.0. The second-order valence-electron chi connectivity index (χ2n) is 5.42. The SMILES string of the molecule is CC(Nc1cnn(C)c1)C(=O)NCCC1=CCCCC1. The zero-order valence-electron chi connectivity index (χ0n) is 12.4. The molecule has 1 aromatic heterocycles. The summed E-state index contributed by atoms with van der Waals surface area (Å²) < 4.78 is 1.71. The minimum absolute atomic E-state index is 0.0327. The van der Waals surface area contributed by atoms with Gasteiger partial charge in [0, 0.05) is 19.8 Å². The van der Waals surface area contributed by atoms with Gasteiger partial charge in [0.1, 0.15) is 6.04 Å². The van der Waals surface area contributed by atoms with Gasteiger partial charge in [-0.15, -0.1) is 0 Å². The third kappa shape index (κ3) is 4.40. The number of carbonyl (C=O) groups is 1. The van der Waals surface area contributed by atoms with E-state index in [0.29, 0.717) is 0 Å². The lowest BCUT2D eigenvalue weighted by atomic mass is 9.97. The number of carbonyl (C=O) groups excluding carboxylic acids is 1. The summed E-state index contributed by atoms with van der Waals surface area (Å²) in [6.07, 6.45) is 11.9. The molecule has 0 bridgehead atoms. The Labute approximate surface area is 120 Å². The topological polar surface area (TPSA) is 59.0 Å². The van der Waals surface area contributed by atoms with Gasteiger partial charge >= 0.3 is 0 Å². The average Bonchev–Trinajstić information content (AvgIpc) is 2.85. The van der Waals surface area contributed by atoms with E-state index in [1.165, 1.54) is 31.3 Å². The van der Waals surface area contributed by atoms with Crippen molar-refractivity contribution in [3.8, 4) is 0 Å². The Kier molecular flexibility index (Phi) is 5.21. The van der Waals surface area contributed by atoms with Crippen LogP contribution < -0.4 is 10.6 Å². The summed E-state index contributed by atoms with van der Waals surface area (Å²) in [7, 11) is 1.85. The molecule has 1 heterocycles. The zero-order chi connectivity index (χ0) is 14.4. The monoisotopic (exact) mass is 276 g/mol. The van der Waals surface area contributed by atoms with Crippen molar-refractivity contribution < 1.29 is 4.79 Å². The van der Waals surface area contributed by atoms with Crippen molar-refractivity contribution in [1.29, 1.82) is 0 Å². The van der Waals surface area contributed by atoms with Crippen LogP contribution >= 0.6 is 0 Å². The molecule has 0 radical (unpaired) electrons. The Hall–Kier alpha value is -1.78. The number of aromatic nitrogens is 2. The van der Waals surface area contributed by atoms with E-state index in [2.05, 4.69) is 21.8 Å². The van der Waals surface area contributed by atoms with Crippen LogP contribution in [0.1, 0.15) is 39.0 Å². The van der Waals surface area contributed by atoms with Gasteiger partial charge in [0.2, 0.25) is 5.91 Å². The molecule has 2 N–H and O–H groups in total. The van der Waals surface area contributed by atoms with Crippen LogP contribution in [0.5, 0.6) is 0 Å². The van der Waals surface area contributed by atoms with Crippen LogP contribution in [0.15, 0.2) is 24.0 Å². The predicted octanol–water partition coefficient (Wildman–Crippen LogP) is 2.23. The lowest BCUT2D eigenvalue weighted by Crippen LogP contribution is -2.38. The number of amides is 1. The van der Waals surface area contributed by atoms with Crippen molar-refractivity contribution in [1.82, 2.24) is 15.1 Å². The summed E-state index contributed by atoms with van der Waals surface area (Å²) in [5.41, 5.74) is 2.36. The second kappa shape index (κ2) is 7.12. The maximum Gasteiger partial charge on any atom is 0.242 e. The van der Waals surface area contributed by atoms with Gasteiger partial charge in [-0.3, -0.25) is 9.48 Å². The van der Waals surface area contributed by atoms with Gasteiger partial charge in [-0.05, 0) is 39.0 Å². The largest absolute Gasteiger partial charge is 0.371 e. The van der Waals surface area contributed by atoms with Crippen LogP contribution in [0.25, 0.3) is 0 Å². The Morgan fingerprint density at radius 2 is 2.35 bits per heavy atom. The molecule has 1 aliphatic carbocycles. The molecule has 5 nitrogen and oxygen atoms in total. The molecule has 2 rings (SSSR count). The molecule has 110 valence electrons. The fourth-order valence-electron chi connectivity index (χ4n) is 2.44. The summed E-state index contributed by atoms with van der Waals surface area (Å²) in [6.45, 7) is 2.59. The molecule has 0 spiro atoms. The molecule has 0 fully saturated rings. The van der Waals surface area contributed by atoms with Crippen molar-refractivity contribution in [2.24, 2.45) is 7.05 Å². The summed E-state index contributed by atoms with van der Waals surface area (Å²) in [6, 6.07) is -0.250. The predicted molar refractivity (Wildman–Crippen MR) is 80.5 cm³/mol. The Morgan fingerprint density at radius 3 is 3.00 bits per heavy atom. The van der Waals surface area contributed by atoms with E-state index in [9.17, 15) is 4.79 Å². The number of nitrogens with one attached hydrogen (secondary N) is 2. The minimum Gasteiger partial charge on any atom is -0.371 e. The molecule has 1 aromatic rings. The van der Waals surface area contributed by atoms with Crippen LogP contribution in [0, 0.1) is 0 Å². The normalized spacial score (nSPS) is 16.4. The first kappa shape index (κ1) is 14.6. The molecule has 0 aliphatic heterocycles. The highest BCUT2D eigenvalue weighted by molar-refractivity contribution is 5.84. The number of rotatable bonds is 6. The van der Waals surface area contributed by atoms with E-state index in [1.54, 1.807) is 10.9 Å². The van der Waals surface area contributed by atoms with E-state index in [0.717, 1.165) is 18.7 Å². The van der Waals surface area contributed by atoms with Crippen LogP contribution in [-0.4, -0.2) is 28.3 Å². The van der Waals surface area contributed by atoms with Crippen molar-refractivity contribution in [2.45, 2.75) is 45.1 Å². The smallest absolute Gasteiger partial charge is 0.242 e. The number of aryl methyl sites for hydroxylation is 1. The van der Waals surface area contributed by atoms with Crippen molar-refractivity contribution in [3.05, 3.63) is 24.0 Å². The average molecular weight is 276 g/mol. The van der Waals surface area contributed by atoms with Crippen LogP contribution in [-0.2, 0) is 11.8 Å². The van der Waals surface area contributed by atoms with Crippen molar-refractivity contribution in [3.63, 3.8) is 0 Å². The Bertz CT molecular complexity index is 478. The first-order chi connectivity index (χ1) is 9.65. The summed E-state index contributed by atoms with van der Waals surface area (Å²) in [5, 5.41) is 10.2. The number of hydrogen-bond acceptors (Lipinski definition) is 3. The molecular formula is C15H24N4O. The summed E-state index contributed by atoms with van der Waals surface area (Å²) in [5.74, 6) is 0.0327. The molecule has 0 aromatic carbocycles. The fourth-order valence-corrected chi connectivity index (χ4v) is 2.44. The van der Waals surface area contributed by atoms with Gasteiger partial charge in [0.25, 0.3) is 0 Å². The highest BCUT2D eigenvalue weighted by Gasteiger charge is 2.13.